The summed E-state index contributed by atoms with van der Waals surface area (Å²) in [6.07, 6.45) is 6.38. The van der Waals surface area contributed by atoms with Gasteiger partial charge in [-0.25, -0.2) is 4.79 Å². The van der Waals surface area contributed by atoms with E-state index < -0.39 is 23.6 Å². The second-order valence-electron chi connectivity index (χ2n) is 12.6. The van der Waals surface area contributed by atoms with Gasteiger partial charge in [-0.2, -0.15) is 0 Å². The van der Waals surface area contributed by atoms with Crippen LogP contribution in [-0.4, -0.2) is 59.8 Å². The molecule has 37 heavy (non-hydrogen) atoms. The number of fused-ring (bicyclic) bond motifs is 2. The molecule has 2 N–H and O–H groups in total. The lowest BCUT2D eigenvalue weighted by atomic mass is 9.44. The number of benzene rings is 1. The maximum Gasteiger partial charge on any atom is 0.331 e. The number of aliphatic hydroxyl groups excluding tert-OH is 2. The average Bonchev–Trinajstić information content (AvgIpc) is 3.81. The number of hydrogen-bond donors (Lipinski definition) is 2. The van der Waals surface area contributed by atoms with Crippen LogP contribution < -0.4 is 0 Å². The number of aliphatic hydroxyl groups is 2. The SMILES string of the molecule is C[C@]12CC[C@@H](O)[C@@](C)(CO)C1CC[C@]1(CO1)C2CC1C2C(=O)OC[C@@H](OC(=O)/C=C/c3ccccc3)C12. The molecule has 0 amide bonds. The highest BCUT2D eigenvalue weighted by Gasteiger charge is 2.71. The van der Waals surface area contributed by atoms with E-state index in [1.165, 1.54) is 6.08 Å². The number of hydrogen-bond acceptors (Lipinski definition) is 7. The second kappa shape index (κ2) is 8.92. The summed E-state index contributed by atoms with van der Waals surface area (Å²) in [6.45, 7) is 5.12. The van der Waals surface area contributed by atoms with Crippen molar-refractivity contribution in [1.29, 1.82) is 0 Å². The molecule has 3 saturated carbocycles. The number of ether oxygens (including phenoxy) is 3. The molecule has 1 spiro atoms. The van der Waals surface area contributed by atoms with Gasteiger partial charge >= 0.3 is 11.9 Å². The summed E-state index contributed by atoms with van der Waals surface area (Å²) in [5.41, 5.74) is 0.0923. The first-order valence-corrected chi connectivity index (χ1v) is 13.8. The van der Waals surface area contributed by atoms with Crippen LogP contribution >= 0.6 is 0 Å². The van der Waals surface area contributed by atoms with Crippen LogP contribution in [0.15, 0.2) is 36.4 Å². The van der Waals surface area contributed by atoms with E-state index in [1.54, 1.807) is 6.08 Å². The van der Waals surface area contributed by atoms with Crippen molar-refractivity contribution in [3.8, 4) is 0 Å². The summed E-state index contributed by atoms with van der Waals surface area (Å²) in [5, 5.41) is 21.2. The Morgan fingerprint density at radius 1 is 1.19 bits per heavy atom. The zero-order valence-electron chi connectivity index (χ0n) is 21.7. The molecule has 7 nitrogen and oxygen atoms in total. The smallest absolute Gasteiger partial charge is 0.331 e. The Bertz CT molecular complexity index is 1080. The lowest BCUT2D eigenvalue weighted by Gasteiger charge is -2.61. The van der Waals surface area contributed by atoms with Gasteiger partial charge in [0, 0.05) is 17.4 Å². The third kappa shape index (κ3) is 4.05. The average molecular weight is 511 g/mol. The highest BCUT2D eigenvalue weighted by Crippen LogP contribution is 2.69. The summed E-state index contributed by atoms with van der Waals surface area (Å²) in [4.78, 5) is 25.3. The molecule has 0 bridgehead atoms. The lowest BCUT2D eigenvalue weighted by Crippen LogP contribution is -2.60. The Balaban J connectivity index is 1.19. The Morgan fingerprint density at radius 3 is 2.65 bits per heavy atom. The van der Waals surface area contributed by atoms with Crippen molar-refractivity contribution >= 4 is 18.0 Å². The van der Waals surface area contributed by atoms with E-state index >= 15 is 0 Å². The fourth-order valence-electron chi connectivity index (χ4n) is 8.53. The topological polar surface area (TPSA) is 106 Å². The van der Waals surface area contributed by atoms with E-state index in [2.05, 4.69) is 6.92 Å². The number of rotatable bonds is 6. The summed E-state index contributed by atoms with van der Waals surface area (Å²) in [5.74, 6) is -0.420. The van der Waals surface area contributed by atoms with E-state index in [0.717, 1.165) is 37.9 Å². The number of carbonyl (C=O) groups is 2. The first-order valence-electron chi connectivity index (χ1n) is 13.8. The van der Waals surface area contributed by atoms with Crippen LogP contribution in [0.5, 0.6) is 0 Å². The molecule has 5 fully saturated rings. The third-order valence-electron chi connectivity index (χ3n) is 10.8. The molecular formula is C30H38O7. The van der Waals surface area contributed by atoms with Gasteiger partial charge < -0.3 is 24.4 Å². The minimum absolute atomic E-state index is 0.0338. The number of carbonyl (C=O) groups excluding carboxylic acids is 2. The highest BCUT2D eigenvalue weighted by atomic mass is 16.6. The van der Waals surface area contributed by atoms with Crippen molar-refractivity contribution in [3.63, 3.8) is 0 Å². The monoisotopic (exact) mass is 510 g/mol. The van der Waals surface area contributed by atoms with Gasteiger partial charge in [0.2, 0.25) is 0 Å². The standard InChI is InChI=1S/C30H38O7/c1-28-12-11-23(32)29(2,16-31)21(28)10-13-30(17-36-30)22(28)14-19-25-20(15-35-27(34)26(19)25)37-24(33)9-8-18-6-4-3-5-7-18/h3-9,19-23,25-26,31-32H,10-17H2,1-2H3/b9-8+/t19?,20-,21?,22?,23-,25?,26?,28+,29+,30+/m1/s1. The highest BCUT2D eigenvalue weighted by molar-refractivity contribution is 5.87. The predicted molar refractivity (Wildman–Crippen MR) is 135 cm³/mol. The van der Waals surface area contributed by atoms with Gasteiger partial charge in [0.25, 0.3) is 0 Å². The third-order valence-corrected chi connectivity index (χ3v) is 10.8. The largest absolute Gasteiger partial charge is 0.461 e. The van der Waals surface area contributed by atoms with Crippen molar-refractivity contribution in [3.05, 3.63) is 42.0 Å². The predicted octanol–water partition coefficient (Wildman–Crippen LogP) is 3.38. The number of esters is 2. The van der Waals surface area contributed by atoms with E-state index in [1.807, 2.05) is 37.3 Å². The zero-order chi connectivity index (χ0) is 26.0. The summed E-state index contributed by atoms with van der Waals surface area (Å²) in [7, 11) is 0. The molecule has 5 unspecified atom stereocenters. The minimum atomic E-state index is -0.542. The van der Waals surface area contributed by atoms with Gasteiger partial charge in [0.15, 0.2) is 0 Å². The molecule has 5 aliphatic rings. The quantitative estimate of drug-likeness (QED) is 0.343. The van der Waals surface area contributed by atoms with Crippen molar-refractivity contribution in [1.82, 2.24) is 0 Å². The van der Waals surface area contributed by atoms with Crippen molar-refractivity contribution < 1.29 is 34.0 Å². The van der Waals surface area contributed by atoms with Crippen LogP contribution in [0.1, 0.15) is 51.5 Å². The second-order valence-corrected chi connectivity index (χ2v) is 12.6. The summed E-state index contributed by atoms with van der Waals surface area (Å²) < 4.78 is 17.4. The van der Waals surface area contributed by atoms with Crippen LogP contribution in [0, 0.1) is 40.4 Å². The lowest BCUT2D eigenvalue weighted by molar-refractivity contribution is -0.178. The van der Waals surface area contributed by atoms with Crippen LogP contribution in [-0.2, 0) is 23.8 Å². The Kier molecular flexibility index (Phi) is 6.05. The molecule has 0 aromatic heterocycles. The Hall–Kier alpha value is -2.22. The van der Waals surface area contributed by atoms with E-state index in [4.69, 9.17) is 14.2 Å². The molecule has 200 valence electrons. The molecule has 7 heteroatoms. The first kappa shape index (κ1) is 25.1. The molecule has 1 aromatic rings. The first-order chi connectivity index (χ1) is 17.7. The van der Waals surface area contributed by atoms with Crippen LogP contribution in [0.25, 0.3) is 6.08 Å². The maximum absolute atomic E-state index is 12.7. The van der Waals surface area contributed by atoms with E-state index in [0.29, 0.717) is 6.42 Å². The number of epoxide rings is 1. The van der Waals surface area contributed by atoms with Gasteiger partial charge in [-0.1, -0.05) is 44.2 Å². The zero-order valence-corrected chi connectivity index (χ0v) is 21.7. The molecule has 2 heterocycles. The molecule has 0 radical (unpaired) electrons. The van der Waals surface area contributed by atoms with Crippen molar-refractivity contribution in [2.45, 2.75) is 63.8 Å². The maximum atomic E-state index is 12.7. The van der Waals surface area contributed by atoms with Gasteiger partial charge in [-0.3, -0.25) is 4.79 Å². The van der Waals surface area contributed by atoms with E-state index in [9.17, 15) is 19.8 Å². The van der Waals surface area contributed by atoms with Gasteiger partial charge in [-0.05, 0) is 66.9 Å². The van der Waals surface area contributed by atoms with Crippen molar-refractivity contribution in [2.75, 3.05) is 19.8 Å². The molecular weight excluding hydrogens is 472 g/mol. The van der Waals surface area contributed by atoms with Gasteiger partial charge in [0.05, 0.1) is 30.8 Å². The van der Waals surface area contributed by atoms with Crippen LogP contribution in [0.3, 0.4) is 0 Å². The molecule has 10 atom stereocenters. The van der Waals surface area contributed by atoms with Crippen molar-refractivity contribution in [2.24, 2.45) is 40.4 Å². The fourth-order valence-corrected chi connectivity index (χ4v) is 8.53. The van der Waals surface area contributed by atoms with Crippen LogP contribution in [0.4, 0.5) is 0 Å². The fraction of sp³-hybridized carbons (Fsp3) is 0.667. The molecule has 3 aliphatic carbocycles. The van der Waals surface area contributed by atoms with Gasteiger partial charge in [-0.15, -0.1) is 0 Å². The molecule has 6 rings (SSSR count). The summed E-state index contributed by atoms with van der Waals surface area (Å²) >= 11 is 0. The van der Waals surface area contributed by atoms with Gasteiger partial charge in [0.1, 0.15) is 12.7 Å². The molecule has 2 aliphatic heterocycles. The number of cyclic esters (lactones) is 1. The summed E-state index contributed by atoms with van der Waals surface area (Å²) in [6, 6.07) is 9.57. The minimum Gasteiger partial charge on any atom is -0.461 e. The normalized spacial score (nSPS) is 46.2. The Morgan fingerprint density at radius 2 is 1.95 bits per heavy atom. The molecule has 1 aromatic carbocycles. The van der Waals surface area contributed by atoms with E-state index in [-0.39, 0.29) is 59.8 Å². The van der Waals surface area contributed by atoms with Crippen LogP contribution in [0.2, 0.25) is 0 Å². The molecule has 2 saturated heterocycles. The Labute approximate surface area is 218 Å².